The van der Waals surface area contributed by atoms with Crippen molar-refractivity contribution in [2.24, 2.45) is 5.41 Å². The Labute approximate surface area is 131 Å². The Morgan fingerprint density at radius 1 is 1.55 bits per heavy atom. The molecule has 0 aromatic carbocycles. The third kappa shape index (κ3) is 3.41. The minimum absolute atomic E-state index is 0.0397. The fourth-order valence-corrected chi connectivity index (χ4v) is 3.45. The number of alkyl halides is 3. The number of thioether (sulfide) groups is 1. The Kier molecular flexibility index (Phi) is 5.07. The van der Waals surface area contributed by atoms with Crippen LogP contribution in [-0.2, 0) is 10.9 Å². The highest BCUT2D eigenvalue weighted by molar-refractivity contribution is 8.03. The molecule has 122 valence electrons. The number of nitrogens with zero attached hydrogens (tertiary/aromatic N) is 3. The molecule has 0 radical (unpaired) electrons. The Morgan fingerprint density at radius 3 is 2.73 bits per heavy atom. The monoisotopic (exact) mass is 333 g/mol. The van der Waals surface area contributed by atoms with Gasteiger partial charge in [0.25, 0.3) is 0 Å². The molecule has 22 heavy (non-hydrogen) atoms. The fraction of sp³-hybridized carbons (Fsp3) is 0.714. The Hall–Kier alpha value is -1.20. The van der Waals surface area contributed by atoms with Gasteiger partial charge in [-0.05, 0) is 24.7 Å². The van der Waals surface area contributed by atoms with Crippen LogP contribution in [0.2, 0.25) is 0 Å². The summed E-state index contributed by atoms with van der Waals surface area (Å²) in [5.41, 5.74) is -0.732. The second-order valence-corrected chi connectivity index (χ2v) is 6.47. The minimum atomic E-state index is -4.46. The maximum Gasteiger partial charge on any atom is 0.433 e. The zero-order chi connectivity index (χ0) is 16.4. The largest absolute Gasteiger partial charge is 0.433 e. The molecule has 4 nitrogen and oxygen atoms in total. The predicted octanol–water partition coefficient (Wildman–Crippen LogP) is 4.24. The number of methoxy groups -OCH3 is 1. The van der Waals surface area contributed by atoms with E-state index in [0.717, 1.165) is 23.6 Å². The third-order valence-electron chi connectivity index (χ3n) is 4.42. The molecule has 2 rings (SSSR count). The molecule has 0 saturated heterocycles. The molecule has 0 N–H and O–H groups in total. The molecule has 1 fully saturated rings. The van der Waals surface area contributed by atoms with Gasteiger partial charge in [-0.3, -0.25) is 4.68 Å². The second kappa shape index (κ2) is 6.50. The van der Waals surface area contributed by atoms with E-state index in [2.05, 4.69) is 12.0 Å². The number of aromatic nitrogens is 2. The summed E-state index contributed by atoms with van der Waals surface area (Å²) in [6.45, 7) is 2.66. The van der Waals surface area contributed by atoms with Crippen LogP contribution in [0.15, 0.2) is 11.1 Å². The van der Waals surface area contributed by atoms with Gasteiger partial charge < -0.3 is 4.74 Å². The van der Waals surface area contributed by atoms with Gasteiger partial charge in [-0.2, -0.15) is 23.5 Å². The van der Waals surface area contributed by atoms with E-state index in [9.17, 15) is 13.2 Å². The van der Waals surface area contributed by atoms with Crippen molar-refractivity contribution in [3.05, 3.63) is 11.8 Å². The van der Waals surface area contributed by atoms with E-state index in [1.807, 2.05) is 0 Å². The lowest BCUT2D eigenvalue weighted by molar-refractivity contribution is -0.147. The van der Waals surface area contributed by atoms with E-state index in [1.165, 1.54) is 0 Å². The molecule has 0 aliphatic heterocycles. The topological polar surface area (TPSA) is 50.8 Å². The van der Waals surface area contributed by atoms with Crippen LogP contribution in [0.4, 0.5) is 13.2 Å². The maximum atomic E-state index is 13.1. The summed E-state index contributed by atoms with van der Waals surface area (Å²) >= 11 is 0.652. The first kappa shape index (κ1) is 17.2. The Bertz CT molecular complexity index is 559. The lowest BCUT2D eigenvalue weighted by atomic mass is 9.62. The molecule has 1 aromatic heterocycles. The summed E-state index contributed by atoms with van der Waals surface area (Å²) in [5.74, 6) is 0. The molecule has 0 unspecified atom stereocenters. The number of ether oxygens (including phenoxy) is 1. The lowest BCUT2D eigenvalue weighted by Crippen LogP contribution is -2.40. The number of hydrogen-bond donors (Lipinski definition) is 0. The van der Waals surface area contributed by atoms with E-state index >= 15 is 0 Å². The van der Waals surface area contributed by atoms with Crippen LogP contribution in [0.5, 0.6) is 0 Å². The normalized spacial score (nSPS) is 24.8. The molecular weight excluding hydrogens is 315 g/mol. The number of halogens is 3. The van der Waals surface area contributed by atoms with E-state index < -0.39 is 11.9 Å². The predicted molar refractivity (Wildman–Crippen MR) is 76.2 cm³/mol. The molecule has 1 aliphatic carbocycles. The highest BCUT2D eigenvalue weighted by Gasteiger charge is 2.47. The zero-order valence-electron chi connectivity index (χ0n) is 12.5. The van der Waals surface area contributed by atoms with Crippen LogP contribution in [0, 0.1) is 16.1 Å². The molecule has 0 spiro atoms. The third-order valence-corrected chi connectivity index (χ3v) is 4.92. The van der Waals surface area contributed by atoms with Crippen LogP contribution in [0.25, 0.3) is 0 Å². The van der Waals surface area contributed by atoms with Gasteiger partial charge >= 0.3 is 6.18 Å². The van der Waals surface area contributed by atoms with Gasteiger partial charge in [0.15, 0.2) is 0 Å². The second-order valence-electron chi connectivity index (χ2n) is 5.66. The van der Waals surface area contributed by atoms with Gasteiger partial charge in [-0.25, -0.2) is 0 Å². The van der Waals surface area contributed by atoms with Crippen LogP contribution < -0.4 is 0 Å². The van der Waals surface area contributed by atoms with E-state index in [1.54, 1.807) is 12.5 Å². The number of hydrogen-bond acceptors (Lipinski definition) is 4. The van der Waals surface area contributed by atoms with E-state index in [0.29, 0.717) is 31.2 Å². The molecule has 0 amide bonds. The summed E-state index contributed by atoms with van der Waals surface area (Å²) in [7, 11) is 1.63. The van der Waals surface area contributed by atoms with Gasteiger partial charge in [-0.15, -0.1) is 0 Å². The van der Waals surface area contributed by atoms with Gasteiger partial charge in [0.05, 0.1) is 6.04 Å². The molecule has 1 saturated carbocycles. The lowest BCUT2D eigenvalue weighted by Gasteiger charge is -2.48. The molecule has 1 aromatic rings. The Balaban J connectivity index is 2.18. The number of rotatable bonds is 6. The maximum absolute atomic E-state index is 13.1. The Morgan fingerprint density at radius 2 is 2.23 bits per heavy atom. The molecule has 0 bridgehead atoms. The number of nitriles is 1. The van der Waals surface area contributed by atoms with E-state index in [-0.39, 0.29) is 16.5 Å². The van der Waals surface area contributed by atoms with Crippen molar-refractivity contribution < 1.29 is 17.9 Å². The number of thiocyanates is 1. The SMILES string of the molecule is CCC1(CCOC)CC(n2nc(SC#N)cc2C(F)(F)F)C1. The first-order chi connectivity index (χ1) is 10.3. The summed E-state index contributed by atoms with van der Waals surface area (Å²) in [5, 5.41) is 14.5. The van der Waals surface area contributed by atoms with Gasteiger partial charge in [0.2, 0.25) is 0 Å². The first-order valence-corrected chi connectivity index (χ1v) is 7.88. The average molecular weight is 333 g/mol. The van der Waals surface area contributed by atoms with Crippen molar-refractivity contribution in [3.8, 4) is 5.40 Å². The highest BCUT2D eigenvalue weighted by Crippen LogP contribution is 2.54. The molecule has 1 heterocycles. The van der Waals surface area contributed by atoms with Crippen molar-refractivity contribution >= 4 is 11.8 Å². The fourth-order valence-electron chi connectivity index (χ4n) is 3.06. The van der Waals surface area contributed by atoms with Crippen molar-refractivity contribution in [3.63, 3.8) is 0 Å². The molecule has 8 heteroatoms. The minimum Gasteiger partial charge on any atom is -0.385 e. The highest BCUT2D eigenvalue weighted by atomic mass is 32.2. The van der Waals surface area contributed by atoms with Crippen LogP contribution in [0.1, 0.15) is 44.3 Å². The van der Waals surface area contributed by atoms with Gasteiger partial charge in [0, 0.05) is 31.5 Å². The van der Waals surface area contributed by atoms with E-state index in [4.69, 9.17) is 10.00 Å². The molecule has 0 atom stereocenters. The van der Waals surface area contributed by atoms with Crippen LogP contribution >= 0.6 is 11.8 Å². The van der Waals surface area contributed by atoms with Crippen molar-refractivity contribution in [2.45, 2.75) is 49.9 Å². The molecular formula is C14H18F3N3OS. The first-order valence-electron chi connectivity index (χ1n) is 7.07. The van der Waals surface area contributed by atoms with Crippen molar-refractivity contribution in [1.29, 1.82) is 5.26 Å². The smallest absolute Gasteiger partial charge is 0.385 e. The summed E-state index contributed by atoms with van der Waals surface area (Å²) in [6.07, 6.45) is -1.38. The quantitative estimate of drug-likeness (QED) is 0.577. The summed E-state index contributed by atoms with van der Waals surface area (Å²) < 4.78 is 45.5. The van der Waals surface area contributed by atoms with Crippen molar-refractivity contribution in [1.82, 2.24) is 9.78 Å². The van der Waals surface area contributed by atoms with Gasteiger partial charge in [0.1, 0.15) is 16.1 Å². The van der Waals surface area contributed by atoms with Gasteiger partial charge in [-0.1, -0.05) is 13.3 Å². The molecule has 1 aliphatic rings. The van der Waals surface area contributed by atoms with Crippen molar-refractivity contribution in [2.75, 3.05) is 13.7 Å². The summed E-state index contributed by atoms with van der Waals surface area (Å²) in [4.78, 5) is 0. The zero-order valence-corrected chi connectivity index (χ0v) is 13.3. The standard InChI is InChI=1S/C14H18F3N3OS/c1-3-13(4-5-21-2)7-10(8-13)20-11(14(15,16)17)6-12(19-20)22-9-18/h6,10H,3-5,7-8H2,1-2H3. The average Bonchev–Trinajstić information content (AvgIpc) is 2.82. The van der Waals surface area contributed by atoms with Crippen LogP contribution in [-0.4, -0.2) is 23.5 Å². The van der Waals surface area contributed by atoms with Crippen LogP contribution in [0.3, 0.4) is 0 Å². The summed E-state index contributed by atoms with van der Waals surface area (Å²) in [6, 6.07) is 0.691.